The van der Waals surface area contributed by atoms with Gasteiger partial charge in [-0.25, -0.2) is 0 Å². The van der Waals surface area contributed by atoms with Gasteiger partial charge in [0.15, 0.2) is 0 Å². The number of ether oxygens (including phenoxy) is 1. The molecule has 5 nitrogen and oxygen atoms in total. The fourth-order valence-electron chi connectivity index (χ4n) is 2.40. The summed E-state index contributed by atoms with van der Waals surface area (Å²) in [5, 5.41) is 9.28. The van der Waals surface area contributed by atoms with E-state index in [0.29, 0.717) is 19.4 Å². The van der Waals surface area contributed by atoms with Crippen LogP contribution in [0.25, 0.3) is 0 Å². The van der Waals surface area contributed by atoms with Gasteiger partial charge in [0, 0.05) is 6.54 Å². The Hall–Kier alpha value is -1.57. The van der Waals surface area contributed by atoms with Gasteiger partial charge in [0.05, 0.1) is 13.2 Å². The minimum absolute atomic E-state index is 0.0629. The summed E-state index contributed by atoms with van der Waals surface area (Å²) in [6.07, 6.45) is 3.76. The molecule has 1 saturated carbocycles. The van der Waals surface area contributed by atoms with E-state index < -0.39 is 11.4 Å². The van der Waals surface area contributed by atoms with E-state index in [4.69, 9.17) is 0 Å². The number of methoxy groups -OCH3 is 1. The molecule has 1 fully saturated rings. The number of carbonyl (C=O) groups excluding carboxylic acids is 2. The SMILES string of the molecule is CCCN(CC(=O)OC)C(=O)C1(C#N)CCCC1. The lowest BCUT2D eigenvalue weighted by Crippen LogP contribution is -2.45. The van der Waals surface area contributed by atoms with Crippen molar-refractivity contribution in [3.63, 3.8) is 0 Å². The smallest absolute Gasteiger partial charge is 0.325 e. The summed E-state index contributed by atoms with van der Waals surface area (Å²) in [6.45, 7) is 2.36. The minimum atomic E-state index is -0.914. The zero-order chi connectivity index (χ0) is 13.6. The molecule has 1 aliphatic rings. The quantitative estimate of drug-likeness (QED) is 0.695. The molecule has 0 saturated heterocycles. The summed E-state index contributed by atoms with van der Waals surface area (Å²) < 4.78 is 4.59. The highest BCUT2D eigenvalue weighted by Crippen LogP contribution is 2.39. The number of rotatable bonds is 5. The maximum absolute atomic E-state index is 12.4. The Kier molecular flexibility index (Phi) is 5.14. The lowest BCUT2D eigenvalue weighted by molar-refractivity contribution is -0.150. The topological polar surface area (TPSA) is 70.4 Å². The molecule has 0 radical (unpaired) electrons. The first-order valence-corrected chi connectivity index (χ1v) is 6.37. The van der Waals surface area contributed by atoms with Crippen molar-refractivity contribution in [3.8, 4) is 6.07 Å². The van der Waals surface area contributed by atoms with Gasteiger partial charge in [-0.2, -0.15) is 5.26 Å². The van der Waals surface area contributed by atoms with Crippen LogP contribution in [0.15, 0.2) is 0 Å². The number of nitriles is 1. The Morgan fingerprint density at radius 2 is 2.00 bits per heavy atom. The van der Waals surface area contributed by atoms with Crippen LogP contribution in [0, 0.1) is 16.7 Å². The van der Waals surface area contributed by atoms with Crippen LogP contribution in [0.4, 0.5) is 0 Å². The number of hydrogen-bond acceptors (Lipinski definition) is 4. The summed E-state index contributed by atoms with van der Waals surface area (Å²) in [4.78, 5) is 25.2. The predicted molar refractivity (Wildman–Crippen MR) is 65.4 cm³/mol. The highest BCUT2D eigenvalue weighted by molar-refractivity contribution is 5.88. The monoisotopic (exact) mass is 252 g/mol. The minimum Gasteiger partial charge on any atom is -0.468 e. The standard InChI is InChI=1S/C13H20N2O3/c1-3-8-15(9-11(16)18-2)12(17)13(10-14)6-4-5-7-13/h3-9H2,1-2H3. The van der Waals surface area contributed by atoms with E-state index in [-0.39, 0.29) is 12.5 Å². The first-order valence-electron chi connectivity index (χ1n) is 6.37. The number of carbonyl (C=O) groups is 2. The second-order valence-corrected chi connectivity index (χ2v) is 4.70. The maximum atomic E-state index is 12.4. The molecule has 0 atom stereocenters. The van der Waals surface area contributed by atoms with Gasteiger partial charge in [0.2, 0.25) is 5.91 Å². The summed E-state index contributed by atoms with van der Waals surface area (Å²) in [5.41, 5.74) is -0.914. The third kappa shape index (κ3) is 3.00. The van der Waals surface area contributed by atoms with Gasteiger partial charge in [-0.1, -0.05) is 19.8 Å². The third-order valence-corrected chi connectivity index (χ3v) is 3.41. The van der Waals surface area contributed by atoms with Gasteiger partial charge < -0.3 is 9.64 Å². The van der Waals surface area contributed by atoms with Gasteiger partial charge >= 0.3 is 5.97 Å². The zero-order valence-electron chi connectivity index (χ0n) is 11.1. The van der Waals surface area contributed by atoms with Crippen LogP contribution >= 0.6 is 0 Å². The van der Waals surface area contributed by atoms with E-state index >= 15 is 0 Å². The number of esters is 1. The van der Waals surface area contributed by atoms with Gasteiger partial charge in [-0.05, 0) is 19.3 Å². The Labute approximate surface area is 108 Å². The molecule has 1 aliphatic carbocycles. The number of amides is 1. The average Bonchev–Trinajstić information content (AvgIpc) is 2.87. The summed E-state index contributed by atoms with van der Waals surface area (Å²) in [5.74, 6) is -0.655. The van der Waals surface area contributed by atoms with Crippen molar-refractivity contribution in [2.75, 3.05) is 20.2 Å². The molecule has 1 rings (SSSR count). The van der Waals surface area contributed by atoms with Crippen LogP contribution in [-0.4, -0.2) is 37.0 Å². The van der Waals surface area contributed by atoms with Gasteiger partial charge in [-0.15, -0.1) is 0 Å². The molecule has 0 N–H and O–H groups in total. The molecular weight excluding hydrogens is 232 g/mol. The number of nitrogens with zero attached hydrogens (tertiary/aromatic N) is 2. The normalized spacial score (nSPS) is 16.9. The van der Waals surface area contributed by atoms with E-state index in [2.05, 4.69) is 10.8 Å². The van der Waals surface area contributed by atoms with Crippen molar-refractivity contribution in [2.45, 2.75) is 39.0 Å². The summed E-state index contributed by atoms with van der Waals surface area (Å²) in [7, 11) is 1.30. The molecule has 5 heteroatoms. The molecule has 1 amide bonds. The van der Waals surface area contributed by atoms with Gasteiger partial charge in [-0.3, -0.25) is 9.59 Å². The van der Waals surface area contributed by atoms with Crippen LogP contribution in [0.3, 0.4) is 0 Å². The van der Waals surface area contributed by atoms with E-state index in [1.54, 1.807) is 0 Å². The second kappa shape index (κ2) is 6.39. The first-order chi connectivity index (χ1) is 8.59. The Morgan fingerprint density at radius 3 is 2.44 bits per heavy atom. The summed E-state index contributed by atoms with van der Waals surface area (Å²) in [6, 6.07) is 2.16. The summed E-state index contributed by atoms with van der Waals surface area (Å²) >= 11 is 0. The van der Waals surface area contributed by atoms with Crippen molar-refractivity contribution in [3.05, 3.63) is 0 Å². The van der Waals surface area contributed by atoms with Crippen LogP contribution < -0.4 is 0 Å². The molecule has 0 bridgehead atoms. The first kappa shape index (κ1) is 14.5. The van der Waals surface area contributed by atoms with E-state index in [0.717, 1.165) is 19.3 Å². The molecule has 0 unspecified atom stereocenters. The fraction of sp³-hybridized carbons (Fsp3) is 0.769. The highest BCUT2D eigenvalue weighted by atomic mass is 16.5. The van der Waals surface area contributed by atoms with E-state index in [1.807, 2.05) is 6.92 Å². The predicted octanol–water partition coefficient (Wildman–Crippen LogP) is 1.48. The Bertz CT molecular complexity index is 354. The Morgan fingerprint density at radius 1 is 1.39 bits per heavy atom. The van der Waals surface area contributed by atoms with Crippen molar-refractivity contribution < 1.29 is 14.3 Å². The highest BCUT2D eigenvalue weighted by Gasteiger charge is 2.44. The van der Waals surface area contributed by atoms with Crippen molar-refractivity contribution in [1.82, 2.24) is 4.90 Å². The van der Waals surface area contributed by atoms with Crippen molar-refractivity contribution in [1.29, 1.82) is 5.26 Å². The molecule has 0 aromatic carbocycles. The fourth-order valence-corrected chi connectivity index (χ4v) is 2.40. The second-order valence-electron chi connectivity index (χ2n) is 4.70. The van der Waals surface area contributed by atoms with Crippen molar-refractivity contribution in [2.24, 2.45) is 5.41 Å². The maximum Gasteiger partial charge on any atom is 0.325 e. The van der Waals surface area contributed by atoms with Crippen LogP contribution in [0.1, 0.15) is 39.0 Å². The number of hydrogen-bond donors (Lipinski definition) is 0. The van der Waals surface area contributed by atoms with E-state index in [1.165, 1.54) is 12.0 Å². The molecule has 0 aliphatic heterocycles. The van der Waals surface area contributed by atoms with Crippen LogP contribution in [0.2, 0.25) is 0 Å². The van der Waals surface area contributed by atoms with Gasteiger partial charge in [0.1, 0.15) is 12.0 Å². The van der Waals surface area contributed by atoms with Crippen molar-refractivity contribution >= 4 is 11.9 Å². The molecule has 0 heterocycles. The van der Waals surface area contributed by atoms with E-state index in [9.17, 15) is 14.9 Å². The Balaban J connectivity index is 2.81. The molecule has 100 valence electrons. The van der Waals surface area contributed by atoms with Crippen LogP contribution in [0.5, 0.6) is 0 Å². The lowest BCUT2D eigenvalue weighted by Gasteiger charge is -2.28. The molecule has 18 heavy (non-hydrogen) atoms. The molecule has 0 spiro atoms. The molecule has 0 aromatic heterocycles. The third-order valence-electron chi connectivity index (χ3n) is 3.41. The largest absolute Gasteiger partial charge is 0.468 e. The average molecular weight is 252 g/mol. The van der Waals surface area contributed by atoms with Gasteiger partial charge in [0.25, 0.3) is 0 Å². The lowest BCUT2D eigenvalue weighted by atomic mass is 9.86. The van der Waals surface area contributed by atoms with Crippen LogP contribution in [-0.2, 0) is 14.3 Å². The molecule has 0 aromatic rings. The zero-order valence-corrected chi connectivity index (χ0v) is 11.1. The molecular formula is C13H20N2O3.